The fourth-order valence-electron chi connectivity index (χ4n) is 3.86. The molecule has 7 N–H and O–H groups in total. The van der Waals surface area contributed by atoms with E-state index in [1.807, 2.05) is 0 Å². The Morgan fingerprint density at radius 3 is 2.03 bits per heavy atom. The molecule has 0 saturated carbocycles. The molecular formula is C18H31N5O6. The largest absolute Gasteiger partial charge is 0.391 e. The van der Waals surface area contributed by atoms with Crippen LogP contribution >= 0.6 is 0 Å². The lowest BCUT2D eigenvalue weighted by Crippen LogP contribution is -2.58. The summed E-state index contributed by atoms with van der Waals surface area (Å²) in [6.45, 7) is 3.44. The topological polar surface area (TPSA) is 179 Å². The highest BCUT2D eigenvalue weighted by atomic mass is 16.3. The number of nitrogens with two attached hydrogens (primary N) is 2. The summed E-state index contributed by atoms with van der Waals surface area (Å²) in [6.07, 6.45) is -0.170. The molecule has 0 radical (unpaired) electrons. The van der Waals surface area contributed by atoms with Crippen LogP contribution in [0.2, 0.25) is 0 Å². The number of hydrogen-bond acceptors (Lipinski definition) is 7. The predicted molar refractivity (Wildman–Crippen MR) is 102 cm³/mol. The van der Waals surface area contributed by atoms with E-state index in [0.29, 0.717) is 38.8 Å². The van der Waals surface area contributed by atoms with E-state index < -0.39 is 54.1 Å². The minimum absolute atomic E-state index is 0.341. The summed E-state index contributed by atoms with van der Waals surface area (Å²) in [5, 5.41) is 21.6. The monoisotopic (exact) mass is 413 g/mol. The van der Waals surface area contributed by atoms with Crippen LogP contribution < -0.4 is 16.8 Å². The van der Waals surface area contributed by atoms with Gasteiger partial charge in [-0.3, -0.25) is 19.2 Å². The lowest BCUT2D eigenvalue weighted by Gasteiger charge is -2.33. The average molecular weight is 413 g/mol. The molecule has 2 heterocycles. The molecule has 2 aliphatic heterocycles. The maximum atomic E-state index is 13.1. The second kappa shape index (κ2) is 9.51. The van der Waals surface area contributed by atoms with Crippen molar-refractivity contribution in [1.82, 2.24) is 15.1 Å². The van der Waals surface area contributed by atoms with Gasteiger partial charge in [-0.15, -0.1) is 0 Å². The molecule has 11 heteroatoms. The third-order valence-corrected chi connectivity index (χ3v) is 5.55. The Kier molecular flexibility index (Phi) is 7.55. The van der Waals surface area contributed by atoms with Crippen molar-refractivity contribution in [3.05, 3.63) is 0 Å². The number of aliphatic hydroxyl groups excluding tert-OH is 2. The molecule has 0 spiro atoms. The van der Waals surface area contributed by atoms with E-state index in [2.05, 4.69) is 5.32 Å². The summed E-state index contributed by atoms with van der Waals surface area (Å²) >= 11 is 0. The molecule has 164 valence electrons. The molecule has 0 aromatic rings. The van der Waals surface area contributed by atoms with E-state index in [0.717, 1.165) is 0 Å². The van der Waals surface area contributed by atoms with Crippen molar-refractivity contribution in [2.45, 2.75) is 75.9 Å². The quantitative estimate of drug-likeness (QED) is 0.295. The lowest BCUT2D eigenvalue weighted by atomic mass is 10.1. The van der Waals surface area contributed by atoms with Crippen molar-refractivity contribution < 1.29 is 29.4 Å². The molecule has 4 amide bonds. The van der Waals surface area contributed by atoms with Crippen molar-refractivity contribution in [3.8, 4) is 0 Å². The van der Waals surface area contributed by atoms with Gasteiger partial charge in [0.15, 0.2) is 0 Å². The van der Waals surface area contributed by atoms with Gasteiger partial charge in [0.1, 0.15) is 24.2 Å². The van der Waals surface area contributed by atoms with Gasteiger partial charge in [0, 0.05) is 13.1 Å². The van der Waals surface area contributed by atoms with Gasteiger partial charge in [-0.25, -0.2) is 0 Å². The highest BCUT2D eigenvalue weighted by Crippen LogP contribution is 2.25. The zero-order valence-electron chi connectivity index (χ0n) is 16.8. The Labute approximate surface area is 169 Å². The molecule has 6 atom stereocenters. The van der Waals surface area contributed by atoms with E-state index in [4.69, 9.17) is 11.5 Å². The van der Waals surface area contributed by atoms with Gasteiger partial charge in [0.05, 0.1) is 12.2 Å². The maximum absolute atomic E-state index is 13.1. The van der Waals surface area contributed by atoms with Crippen molar-refractivity contribution in [2.24, 2.45) is 11.5 Å². The first-order chi connectivity index (χ1) is 13.6. The summed E-state index contributed by atoms with van der Waals surface area (Å²) in [5.41, 5.74) is 11.0. The zero-order chi connectivity index (χ0) is 21.9. The van der Waals surface area contributed by atoms with Crippen LogP contribution in [0.25, 0.3) is 0 Å². The molecule has 0 bridgehead atoms. The lowest BCUT2D eigenvalue weighted by molar-refractivity contribution is -0.148. The van der Waals surface area contributed by atoms with Gasteiger partial charge in [0.2, 0.25) is 23.6 Å². The van der Waals surface area contributed by atoms with Crippen LogP contribution in [0.3, 0.4) is 0 Å². The Morgan fingerprint density at radius 1 is 0.966 bits per heavy atom. The van der Waals surface area contributed by atoms with Crippen molar-refractivity contribution in [2.75, 3.05) is 13.1 Å². The van der Waals surface area contributed by atoms with Crippen LogP contribution in [-0.2, 0) is 19.2 Å². The molecule has 2 aliphatic rings. The van der Waals surface area contributed by atoms with E-state index in [-0.39, 0.29) is 5.91 Å². The third-order valence-electron chi connectivity index (χ3n) is 5.55. The second-order valence-electron chi connectivity index (χ2n) is 7.77. The number of primary amides is 1. The molecule has 11 nitrogen and oxygen atoms in total. The number of hydrogen-bond donors (Lipinski definition) is 5. The summed E-state index contributed by atoms with van der Waals surface area (Å²) in [5.74, 6) is -2.31. The van der Waals surface area contributed by atoms with Gasteiger partial charge in [-0.1, -0.05) is 0 Å². The van der Waals surface area contributed by atoms with Crippen LogP contribution in [0.4, 0.5) is 0 Å². The van der Waals surface area contributed by atoms with E-state index >= 15 is 0 Å². The predicted octanol–water partition coefficient (Wildman–Crippen LogP) is -2.97. The standard InChI is InChI=1S/C18H31N5O6/c1-9(24)13(19)18(29)23-8-4-6-12(23)17(28)22-7-3-5-11(22)16(27)21-14(10(2)25)15(20)26/h9-14,24-25H,3-8,19H2,1-2H3,(H2,20,26)(H,21,27)/t9-,10-,11-,12+,13+,14+/m1/s1. The Balaban J connectivity index is 2.11. The van der Waals surface area contributed by atoms with E-state index in [1.54, 1.807) is 0 Å². The number of aliphatic hydroxyl groups is 2. The molecule has 2 saturated heterocycles. The molecule has 0 unspecified atom stereocenters. The Hall–Kier alpha value is -2.24. The first kappa shape index (κ1) is 23.0. The summed E-state index contributed by atoms with van der Waals surface area (Å²) in [4.78, 5) is 52.5. The molecule has 0 aromatic carbocycles. The molecule has 2 rings (SSSR count). The Morgan fingerprint density at radius 2 is 1.52 bits per heavy atom. The normalized spacial score (nSPS) is 26.0. The fraction of sp³-hybridized carbons (Fsp3) is 0.778. The molecule has 0 aliphatic carbocycles. The molecule has 0 aromatic heterocycles. The highest BCUT2D eigenvalue weighted by Gasteiger charge is 2.43. The minimum atomic E-state index is -1.26. The SMILES string of the molecule is C[C@@H](O)[C@H](N)C(=O)N1CCC[C@H]1C(=O)N1CCC[C@@H]1C(=O)N[C@H](C(N)=O)[C@@H](C)O. The minimum Gasteiger partial charge on any atom is -0.391 e. The van der Waals surface area contributed by atoms with Crippen molar-refractivity contribution in [3.63, 3.8) is 0 Å². The van der Waals surface area contributed by atoms with Crippen LogP contribution in [0.5, 0.6) is 0 Å². The first-order valence-corrected chi connectivity index (χ1v) is 9.88. The zero-order valence-corrected chi connectivity index (χ0v) is 16.8. The first-order valence-electron chi connectivity index (χ1n) is 9.88. The third kappa shape index (κ3) is 5.03. The molecule has 2 fully saturated rings. The van der Waals surface area contributed by atoms with Crippen LogP contribution in [0.1, 0.15) is 39.5 Å². The fourth-order valence-corrected chi connectivity index (χ4v) is 3.86. The number of likely N-dealkylation sites (tertiary alicyclic amines) is 2. The van der Waals surface area contributed by atoms with E-state index in [9.17, 15) is 29.4 Å². The van der Waals surface area contributed by atoms with E-state index in [1.165, 1.54) is 23.6 Å². The Bertz CT molecular complexity index is 655. The van der Waals surface area contributed by atoms with Crippen LogP contribution in [0.15, 0.2) is 0 Å². The number of nitrogens with one attached hydrogen (secondary N) is 1. The number of nitrogens with zero attached hydrogens (tertiary/aromatic N) is 2. The van der Waals surface area contributed by atoms with Crippen LogP contribution in [-0.4, -0.2) is 93.1 Å². The molecule has 29 heavy (non-hydrogen) atoms. The van der Waals surface area contributed by atoms with Crippen LogP contribution in [0, 0.1) is 0 Å². The number of carbonyl (C=O) groups is 4. The van der Waals surface area contributed by atoms with Gasteiger partial charge in [-0.05, 0) is 39.5 Å². The number of carbonyl (C=O) groups excluding carboxylic acids is 4. The van der Waals surface area contributed by atoms with Gasteiger partial charge in [-0.2, -0.15) is 0 Å². The highest BCUT2D eigenvalue weighted by molar-refractivity contribution is 5.95. The summed E-state index contributed by atoms with van der Waals surface area (Å²) < 4.78 is 0. The maximum Gasteiger partial charge on any atom is 0.246 e. The molecular weight excluding hydrogens is 382 g/mol. The summed E-state index contributed by atoms with van der Waals surface area (Å²) in [6, 6.07) is -3.94. The van der Waals surface area contributed by atoms with Crippen molar-refractivity contribution in [1.29, 1.82) is 0 Å². The van der Waals surface area contributed by atoms with Gasteiger partial charge < -0.3 is 36.8 Å². The average Bonchev–Trinajstić information content (AvgIpc) is 3.32. The number of rotatable bonds is 7. The smallest absolute Gasteiger partial charge is 0.246 e. The number of amides is 4. The van der Waals surface area contributed by atoms with Crippen molar-refractivity contribution >= 4 is 23.6 Å². The second-order valence-corrected chi connectivity index (χ2v) is 7.77. The van der Waals surface area contributed by atoms with Gasteiger partial charge in [0.25, 0.3) is 0 Å². The summed E-state index contributed by atoms with van der Waals surface area (Å²) in [7, 11) is 0. The van der Waals surface area contributed by atoms with Gasteiger partial charge >= 0.3 is 0 Å².